The van der Waals surface area contributed by atoms with Gasteiger partial charge in [-0.15, -0.1) is 0 Å². The van der Waals surface area contributed by atoms with Crippen molar-refractivity contribution in [3.63, 3.8) is 0 Å². The Morgan fingerprint density at radius 2 is 1.70 bits per heavy atom. The minimum atomic E-state index is -0.908. The van der Waals surface area contributed by atoms with E-state index in [1.54, 1.807) is 19.2 Å². The normalized spacial score (nSPS) is 10.1. The van der Waals surface area contributed by atoms with Gasteiger partial charge in [0.05, 0.1) is 12.7 Å². The molecule has 0 atom stereocenters. The molecule has 0 bridgehead atoms. The third-order valence-corrected chi connectivity index (χ3v) is 3.13. The number of anilines is 1. The Morgan fingerprint density at radius 1 is 1.10 bits per heavy atom. The third kappa shape index (κ3) is 3.29. The summed E-state index contributed by atoms with van der Waals surface area (Å²) < 4.78 is 5.13. The fourth-order valence-electron chi connectivity index (χ4n) is 1.95. The van der Waals surface area contributed by atoms with Gasteiger partial charge in [0.15, 0.2) is 0 Å². The van der Waals surface area contributed by atoms with Crippen LogP contribution in [0.3, 0.4) is 0 Å². The van der Waals surface area contributed by atoms with E-state index in [1.165, 1.54) is 0 Å². The highest BCUT2D eigenvalue weighted by Gasteiger charge is 2.05. The average Bonchev–Trinajstić information content (AvgIpc) is 2.48. The Labute approximate surface area is 118 Å². The van der Waals surface area contributed by atoms with E-state index < -0.39 is 5.97 Å². The van der Waals surface area contributed by atoms with Gasteiger partial charge in [0, 0.05) is 19.3 Å². The Morgan fingerprint density at radius 3 is 2.20 bits per heavy atom. The highest BCUT2D eigenvalue weighted by atomic mass is 16.5. The van der Waals surface area contributed by atoms with Crippen molar-refractivity contribution in [3.05, 3.63) is 59.7 Å². The molecule has 104 valence electrons. The smallest absolute Gasteiger partial charge is 0.335 e. The van der Waals surface area contributed by atoms with E-state index in [4.69, 9.17) is 9.84 Å². The van der Waals surface area contributed by atoms with Crippen LogP contribution in [0, 0.1) is 0 Å². The number of nitrogens with zero attached hydrogens (tertiary/aromatic N) is 1. The van der Waals surface area contributed by atoms with Crippen molar-refractivity contribution in [1.29, 1.82) is 0 Å². The topological polar surface area (TPSA) is 49.8 Å². The molecule has 2 aromatic rings. The van der Waals surface area contributed by atoms with Crippen LogP contribution in [0.5, 0.6) is 5.75 Å². The van der Waals surface area contributed by atoms with E-state index in [1.807, 2.05) is 43.4 Å². The lowest BCUT2D eigenvalue weighted by Gasteiger charge is -2.19. The third-order valence-electron chi connectivity index (χ3n) is 3.13. The summed E-state index contributed by atoms with van der Waals surface area (Å²) in [5.41, 5.74) is 2.44. The lowest BCUT2D eigenvalue weighted by atomic mass is 10.1. The minimum Gasteiger partial charge on any atom is -0.497 e. The summed E-state index contributed by atoms with van der Waals surface area (Å²) in [6.45, 7) is 0.746. The van der Waals surface area contributed by atoms with Crippen molar-refractivity contribution >= 4 is 11.7 Å². The van der Waals surface area contributed by atoms with Crippen LogP contribution >= 0.6 is 0 Å². The molecule has 0 aliphatic carbocycles. The molecule has 0 aliphatic rings. The van der Waals surface area contributed by atoms with Crippen molar-refractivity contribution < 1.29 is 14.6 Å². The molecule has 0 aliphatic heterocycles. The van der Waals surface area contributed by atoms with Gasteiger partial charge in [-0.3, -0.25) is 0 Å². The first-order valence-electron chi connectivity index (χ1n) is 6.27. The number of rotatable bonds is 5. The quantitative estimate of drug-likeness (QED) is 0.908. The molecular weight excluding hydrogens is 254 g/mol. The maximum absolute atomic E-state index is 10.8. The number of carboxylic acid groups (broad SMARTS) is 1. The van der Waals surface area contributed by atoms with Gasteiger partial charge in [0.25, 0.3) is 0 Å². The number of benzene rings is 2. The van der Waals surface area contributed by atoms with Crippen LogP contribution in [-0.4, -0.2) is 25.2 Å². The maximum atomic E-state index is 10.8. The van der Waals surface area contributed by atoms with Gasteiger partial charge in [-0.05, 0) is 42.0 Å². The number of carboxylic acids is 1. The zero-order valence-corrected chi connectivity index (χ0v) is 11.5. The summed E-state index contributed by atoms with van der Waals surface area (Å²) >= 11 is 0. The van der Waals surface area contributed by atoms with E-state index >= 15 is 0 Å². The van der Waals surface area contributed by atoms with Crippen molar-refractivity contribution in [2.24, 2.45) is 0 Å². The van der Waals surface area contributed by atoms with Crippen molar-refractivity contribution in [2.75, 3.05) is 19.1 Å². The van der Waals surface area contributed by atoms with E-state index in [0.29, 0.717) is 5.56 Å². The molecule has 0 amide bonds. The first-order valence-corrected chi connectivity index (χ1v) is 6.27. The van der Waals surface area contributed by atoms with Crippen molar-refractivity contribution in [2.45, 2.75) is 6.54 Å². The standard InChI is InChI=1S/C16H17NO3/c1-17(11-12-3-9-15(20-2)10-4-12)14-7-5-13(6-8-14)16(18)19/h3-10H,11H2,1-2H3,(H,18,19). The van der Waals surface area contributed by atoms with Gasteiger partial charge in [-0.1, -0.05) is 12.1 Å². The number of hydrogen-bond acceptors (Lipinski definition) is 3. The molecule has 0 unspecified atom stereocenters. The molecule has 0 heterocycles. The van der Waals surface area contributed by atoms with Gasteiger partial charge in [0.2, 0.25) is 0 Å². The van der Waals surface area contributed by atoms with Crippen LogP contribution in [0.1, 0.15) is 15.9 Å². The number of methoxy groups -OCH3 is 1. The SMILES string of the molecule is COc1ccc(CN(C)c2ccc(C(=O)O)cc2)cc1. The average molecular weight is 271 g/mol. The predicted molar refractivity (Wildman–Crippen MR) is 78.5 cm³/mol. The fraction of sp³-hybridized carbons (Fsp3) is 0.188. The lowest BCUT2D eigenvalue weighted by Crippen LogP contribution is -2.16. The molecule has 4 heteroatoms. The molecule has 0 spiro atoms. The summed E-state index contributed by atoms with van der Waals surface area (Å²) in [6.07, 6.45) is 0. The molecular formula is C16H17NO3. The Kier molecular flexibility index (Phi) is 4.25. The van der Waals surface area contributed by atoms with Gasteiger partial charge in [0.1, 0.15) is 5.75 Å². The van der Waals surface area contributed by atoms with E-state index in [9.17, 15) is 4.79 Å². The second-order valence-corrected chi connectivity index (χ2v) is 4.56. The zero-order valence-electron chi connectivity index (χ0n) is 11.5. The van der Waals surface area contributed by atoms with Gasteiger partial charge >= 0.3 is 5.97 Å². The minimum absolute atomic E-state index is 0.298. The molecule has 2 rings (SSSR count). The monoisotopic (exact) mass is 271 g/mol. The molecule has 0 saturated carbocycles. The van der Waals surface area contributed by atoms with Crippen LogP contribution in [0.4, 0.5) is 5.69 Å². The first-order chi connectivity index (χ1) is 9.60. The lowest BCUT2D eigenvalue weighted by molar-refractivity contribution is 0.0697. The molecule has 20 heavy (non-hydrogen) atoms. The van der Waals surface area contributed by atoms with E-state index in [-0.39, 0.29) is 0 Å². The second-order valence-electron chi connectivity index (χ2n) is 4.56. The molecule has 0 fully saturated rings. The van der Waals surface area contributed by atoms with Crippen LogP contribution in [0.2, 0.25) is 0 Å². The summed E-state index contributed by atoms with van der Waals surface area (Å²) in [6, 6.07) is 14.7. The Bertz CT molecular complexity index is 576. The van der Waals surface area contributed by atoms with Gasteiger partial charge < -0.3 is 14.7 Å². The van der Waals surface area contributed by atoms with Crippen LogP contribution in [0.25, 0.3) is 0 Å². The molecule has 1 N–H and O–H groups in total. The van der Waals surface area contributed by atoms with Crippen molar-refractivity contribution in [3.8, 4) is 5.75 Å². The maximum Gasteiger partial charge on any atom is 0.335 e. The zero-order chi connectivity index (χ0) is 14.5. The Balaban J connectivity index is 2.06. The number of hydrogen-bond donors (Lipinski definition) is 1. The fourth-order valence-corrected chi connectivity index (χ4v) is 1.95. The summed E-state index contributed by atoms with van der Waals surface area (Å²) in [5, 5.41) is 8.87. The molecule has 0 saturated heterocycles. The van der Waals surface area contributed by atoms with Crippen LogP contribution in [0.15, 0.2) is 48.5 Å². The number of aromatic carboxylic acids is 1. The van der Waals surface area contributed by atoms with E-state index in [2.05, 4.69) is 4.90 Å². The number of ether oxygens (including phenoxy) is 1. The Hall–Kier alpha value is -2.49. The van der Waals surface area contributed by atoms with Gasteiger partial charge in [-0.2, -0.15) is 0 Å². The molecule has 2 aromatic carbocycles. The highest BCUT2D eigenvalue weighted by molar-refractivity contribution is 5.88. The molecule has 0 aromatic heterocycles. The van der Waals surface area contributed by atoms with Crippen LogP contribution < -0.4 is 9.64 Å². The molecule has 0 radical (unpaired) electrons. The van der Waals surface area contributed by atoms with Crippen LogP contribution in [-0.2, 0) is 6.54 Å². The first kappa shape index (κ1) is 13.9. The largest absolute Gasteiger partial charge is 0.497 e. The summed E-state index contributed by atoms with van der Waals surface area (Å²) in [5.74, 6) is -0.0726. The highest BCUT2D eigenvalue weighted by Crippen LogP contribution is 2.18. The van der Waals surface area contributed by atoms with E-state index in [0.717, 1.165) is 23.5 Å². The summed E-state index contributed by atoms with van der Waals surface area (Å²) in [7, 11) is 3.62. The van der Waals surface area contributed by atoms with Crippen molar-refractivity contribution in [1.82, 2.24) is 0 Å². The van der Waals surface area contributed by atoms with Gasteiger partial charge in [-0.25, -0.2) is 4.79 Å². The second kappa shape index (κ2) is 6.10. The number of carbonyl (C=O) groups is 1. The molecule has 4 nitrogen and oxygen atoms in total. The summed E-state index contributed by atoms with van der Waals surface area (Å²) in [4.78, 5) is 12.9. The predicted octanol–water partition coefficient (Wildman–Crippen LogP) is 3.03.